The number of aromatic nitrogens is 1. The fourth-order valence-corrected chi connectivity index (χ4v) is 1.92. The smallest absolute Gasteiger partial charge is 0.267 e. The maximum Gasteiger partial charge on any atom is 0.274 e. The summed E-state index contributed by atoms with van der Waals surface area (Å²) in [6, 6.07) is 12.7. The van der Waals surface area contributed by atoms with Crippen LogP contribution in [-0.2, 0) is 9.35 Å². The summed E-state index contributed by atoms with van der Waals surface area (Å²) < 4.78 is -0.885. The van der Waals surface area contributed by atoms with Crippen molar-refractivity contribution in [2.75, 3.05) is 0 Å². The van der Waals surface area contributed by atoms with Crippen molar-refractivity contribution >= 4 is 21.8 Å². The first-order valence-corrected chi connectivity index (χ1v) is 6.94. The molecule has 1 aromatic heterocycles. The lowest BCUT2D eigenvalue weighted by Gasteiger charge is -2.22. The van der Waals surface area contributed by atoms with Crippen molar-refractivity contribution in [3.05, 3.63) is 65.5 Å². The van der Waals surface area contributed by atoms with Crippen LogP contribution in [0.4, 0.5) is 0 Å². The highest BCUT2D eigenvalue weighted by atomic mass is 79.9. The SMILES string of the molecule is Cc1ccnc(C(C)(Br)ONC(=O)c2ccccc2)c1. The van der Waals surface area contributed by atoms with Gasteiger partial charge >= 0.3 is 0 Å². The number of benzene rings is 1. The summed E-state index contributed by atoms with van der Waals surface area (Å²) in [5.41, 5.74) is 4.72. The van der Waals surface area contributed by atoms with Crippen LogP contribution < -0.4 is 5.48 Å². The third kappa shape index (κ3) is 3.65. The van der Waals surface area contributed by atoms with Crippen LogP contribution >= 0.6 is 15.9 Å². The molecule has 1 aromatic carbocycles. The molecule has 0 aliphatic heterocycles. The van der Waals surface area contributed by atoms with Crippen molar-refractivity contribution in [2.24, 2.45) is 0 Å². The quantitative estimate of drug-likeness (QED) is 0.689. The van der Waals surface area contributed by atoms with Crippen LogP contribution in [0, 0.1) is 6.92 Å². The molecule has 20 heavy (non-hydrogen) atoms. The number of carbonyl (C=O) groups excluding carboxylic acids is 1. The lowest BCUT2D eigenvalue weighted by Crippen LogP contribution is -2.32. The Bertz CT molecular complexity index is 600. The minimum absolute atomic E-state index is 0.302. The van der Waals surface area contributed by atoms with Gasteiger partial charge in [0.2, 0.25) is 0 Å². The van der Waals surface area contributed by atoms with E-state index in [-0.39, 0.29) is 5.91 Å². The summed E-state index contributed by atoms with van der Waals surface area (Å²) in [6.45, 7) is 3.75. The van der Waals surface area contributed by atoms with Crippen LogP contribution in [0.3, 0.4) is 0 Å². The molecule has 1 atom stereocenters. The Morgan fingerprint density at radius 2 is 2.00 bits per heavy atom. The Kier molecular flexibility index (Phi) is 4.52. The molecule has 0 fully saturated rings. The van der Waals surface area contributed by atoms with Gasteiger partial charge in [-0.15, -0.1) is 0 Å². The molecule has 0 aliphatic carbocycles. The zero-order chi connectivity index (χ0) is 14.6. The minimum atomic E-state index is -0.885. The first kappa shape index (κ1) is 14.7. The second-order valence-corrected chi connectivity index (χ2v) is 6.05. The van der Waals surface area contributed by atoms with E-state index in [2.05, 4.69) is 26.4 Å². The molecule has 0 bridgehead atoms. The number of carbonyl (C=O) groups is 1. The third-order valence-corrected chi connectivity index (χ3v) is 3.31. The Morgan fingerprint density at radius 1 is 1.30 bits per heavy atom. The van der Waals surface area contributed by atoms with Gasteiger partial charge in [0, 0.05) is 11.8 Å². The lowest BCUT2D eigenvalue weighted by atomic mass is 10.2. The molecule has 0 spiro atoms. The van der Waals surface area contributed by atoms with Crippen molar-refractivity contribution in [2.45, 2.75) is 18.4 Å². The summed E-state index contributed by atoms with van der Waals surface area (Å²) in [4.78, 5) is 21.6. The number of hydroxylamine groups is 1. The van der Waals surface area contributed by atoms with Gasteiger partial charge in [0.25, 0.3) is 5.91 Å². The number of halogens is 1. The predicted molar refractivity (Wildman–Crippen MR) is 80.2 cm³/mol. The average Bonchev–Trinajstić information content (AvgIpc) is 2.46. The zero-order valence-corrected chi connectivity index (χ0v) is 12.8. The van der Waals surface area contributed by atoms with Gasteiger partial charge in [-0.05, 0) is 59.6 Å². The number of nitrogens with one attached hydrogen (secondary N) is 1. The highest BCUT2D eigenvalue weighted by Crippen LogP contribution is 2.30. The molecule has 0 saturated heterocycles. The average molecular weight is 335 g/mol. The summed E-state index contributed by atoms with van der Waals surface area (Å²) >= 11 is 3.43. The van der Waals surface area contributed by atoms with Crippen LogP contribution in [0.15, 0.2) is 48.7 Å². The molecule has 4 nitrogen and oxygen atoms in total. The predicted octanol–water partition coefficient (Wildman–Crippen LogP) is 3.32. The van der Waals surface area contributed by atoms with Gasteiger partial charge in [-0.1, -0.05) is 18.2 Å². The number of pyridine rings is 1. The molecule has 2 rings (SSSR count). The molecule has 0 saturated carbocycles. The van der Waals surface area contributed by atoms with E-state index in [4.69, 9.17) is 4.84 Å². The van der Waals surface area contributed by atoms with Gasteiger partial charge in [0.15, 0.2) is 4.51 Å². The highest BCUT2D eigenvalue weighted by Gasteiger charge is 2.27. The fourth-order valence-electron chi connectivity index (χ4n) is 1.62. The number of aryl methyl sites for hydroxylation is 1. The van der Waals surface area contributed by atoms with E-state index in [1.807, 2.05) is 25.1 Å². The van der Waals surface area contributed by atoms with Crippen molar-refractivity contribution in [3.63, 3.8) is 0 Å². The standard InChI is InChI=1S/C15H15BrN2O2/c1-11-8-9-17-13(10-11)15(2,16)20-18-14(19)12-6-4-3-5-7-12/h3-10H,1-2H3,(H,18,19). The third-order valence-electron chi connectivity index (χ3n) is 2.74. The topological polar surface area (TPSA) is 51.2 Å². The van der Waals surface area contributed by atoms with Crippen LogP contribution in [0.2, 0.25) is 0 Å². The van der Waals surface area contributed by atoms with E-state index in [1.165, 1.54) is 0 Å². The molecule has 0 radical (unpaired) electrons. The molecule has 5 heteroatoms. The lowest BCUT2D eigenvalue weighted by molar-refractivity contribution is -0.0274. The second kappa shape index (κ2) is 6.15. The van der Waals surface area contributed by atoms with Gasteiger partial charge in [-0.3, -0.25) is 9.78 Å². The van der Waals surface area contributed by atoms with Crippen molar-refractivity contribution in [1.29, 1.82) is 0 Å². The number of amides is 1. The first-order valence-electron chi connectivity index (χ1n) is 6.14. The number of rotatable bonds is 4. The van der Waals surface area contributed by atoms with E-state index in [0.717, 1.165) is 5.56 Å². The molecule has 1 N–H and O–H groups in total. The van der Waals surface area contributed by atoms with E-state index >= 15 is 0 Å². The minimum Gasteiger partial charge on any atom is -0.267 e. The van der Waals surface area contributed by atoms with Gasteiger partial charge in [0.05, 0.1) is 5.69 Å². The highest BCUT2D eigenvalue weighted by molar-refractivity contribution is 9.09. The summed E-state index contributed by atoms with van der Waals surface area (Å²) in [5, 5.41) is 0. The van der Waals surface area contributed by atoms with Crippen LogP contribution in [-0.4, -0.2) is 10.9 Å². The van der Waals surface area contributed by atoms with Gasteiger partial charge in [-0.25, -0.2) is 10.3 Å². The van der Waals surface area contributed by atoms with E-state index in [9.17, 15) is 4.79 Å². The van der Waals surface area contributed by atoms with Gasteiger partial charge in [-0.2, -0.15) is 0 Å². The van der Waals surface area contributed by atoms with Crippen molar-refractivity contribution < 1.29 is 9.63 Å². The molecule has 1 amide bonds. The van der Waals surface area contributed by atoms with Gasteiger partial charge < -0.3 is 0 Å². The Hall–Kier alpha value is -1.72. The number of alkyl halides is 1. The van der Waals surface area contributed by atoms with Crippen LogP contribution in [0.5, 0.6) is 0 Å². The number of hydrogen-bond donors (Lipinski definition) is 1. The molecule has 1 unspecified atom stereocenters. The molecule has 104 valence electrons. The van der Waals surface area contributed by atoms with Crippen molar-refractivity contribution in [1.82, 2.24) is 10.5 Å². The van der Waals surface area contributed by atoms with E-state index in [0.29, 0.717) is 11.3 Å². The molecule has 0 aliphatic rings. The Balaban J connectivity index is 2.04. The normalized spacial score (nSPS) is 13.6. The van der Waals surface area contributed by atoms with Crippen LogP contribution in [0.25, 0.3) is 0 Å². The van der Waals surface area contributed by atoms with Gasteiger partial charge in [0.1, 0.15) is 0 Å². The summed E-state index contributed by atoms with van der Waals surface area (Å²) in [6.07, 6.45) is 1.70. The fraction of sp³-hybridized carbons (Fsp3) is 0.200. The molecule has 2 aromatic rings. The summed E-state index contributed by atoms with van der Waals surface area (Å²) in [5.74, 6) is -0.302. The zero-order valence-electron chi connectivity index (χ0n) is 11.3. The molecular formula is C15H15BrN2O2. The Morgan fingerprint density at radius 3 is 2.65 bits per heavy atom. The first-order chi connectivity index (χ1) is 9.49. The largest absolute Gasteiger partial charge is 0.274 e. The van der Waals surface area contributed by atoms with Crippen molar-refractivity contribution in [3.8, 4) is 0 Å². The second-order valence-electron chi connectivity index (χ2n) is 4.53. The molecular weight excluding hydrogens is 320 g/mol. The maximum absolute atomic E-state index is 11.9. The monoisotopic (exact) mass is 334 g/mol. The van der Waals surface area contributed by atoms with Crippen LogP contribution in [0.1, 0.15) is 28.5 Å². The maximum atomic E-state index is 11.9. The Labute approximate surface area is 126 Å². The number of hydrogen-bond acceptors (Lipinski definition) is 3. The summed E-state index contributed by atoms with van der Waals surface area (Å²) in [7, 11) is 0. The van der Waals surface area contributed by atoms with E-state index in [1.54, 1.807) is 37.4 Å². The number of nitrogens with zero attached hydrogens (tertiary/aromatic N) is 1. The van der Waals surface area contributed by atoms with E-state index < -0.39 is 4.51 Å². The molecule has 1 heterocycles.